The van der Waals surface area contributed by atoms with Gasteiger partial charge in [-0.3, -0.25) is 4.79 Å². The van der Waals surface area contributed by atoms with Crippen LogP contribution in [0.5, 0.6) is 0 Å². The number of nitrogens with zero attached hydrogens (tertiary/aromatic N) is 2. The third kappa shape index (κ3) is 4.29. The van der Waals surface area contributed by atoms with Crippen molar-refractivity contribution in [3.63, 3.8) is 0 Å². The second kappa shape index (κ2) is 7.21. The van der Waals surface area contributed by atoms with Gasteiger partial charge in [0.1, 0.15) is 0 Å². The van der Waals surface area contributed by atoms with E-state index in [1.807, 2.05) is 0 Å². The molecular weight excluding hydrogens is 272 g/mol. The van der Waals surface area contributed by atoms with E-state index in [9.17, 15) is 9.59 Å². The topological polar surface area (TPSA) is 96.3 Å². The number of piperidine rings is 1. The van der Waals surface area contributed by atoms with Crippen LogP contribution in [0, 0.1) is 5.92 Å². The Kier molecular flexibility index (Phi) is 5.32. The number of carboxylic acids is 1. The number of hydrogen-bond acceptors (Lipinski definition) is 4. The summed E-state index contributed by atoms with van der Waals surface area (Å²) in [6, 6.07) is -0.110. The van der Waals surface area contributed by atoms with Gasteiger partial charge in [0.2, 0.25) is 5.91 Å². The summed E-state index contributed by atoms with van der Waals surface area (Å²) in [5, 5.41) is 14.9. The largest absolute Gasteiger partial charge is 0.476 e. The van der Waals surface area contributed by atoms with Crippen molar-refractivity contribution in [2.75, 3.05) is 13.1 Å². The van der Waals surface area contributed by atoms with Crippen molar-refractivity contribution >= 4 is 11.9 Å². The molecule has 1 amide bonds. The summed E-state index contributed by atoms with van der Waals surface area (Å²) in [4.78, 5) is 26.5. The molecule has 0 bridgehead atoms. The molecule has 1 aliphatic heterocycles. The lowest BCUT2D eigenvalue weighted by molar-refractivity contribution is -0.124. The van der Waals surface area contributed by atoms with Crippen molar-refractivity contribution in [2.45, 2.75) is 38.8 Å². The first-order valence-corrected chi connectivity index (χ1v) is 7.36. The molecule has 7 heteroatoms. The summed E-state index contributed by atoms with van der Waals surface area (Å²) in [7, 11) is 0. The molecule has 1 saturated heterocycles. The molecule has 116 valence electrons. The zero-order valence-corrected chi connectivity index (χ0v) is 12.2. The third-order valence-electron chi connectivity index (χ3n) is 3.93. The molecule has 0 saturated carbocycles. The maximum atomic E-state index is 12.1. The molecular formula is C14H22N4O3. The number of amides is 1. The van der Waals surface area contributed by atoms with Gasteiger partial charge in [0, 0.05) is 19.3 Å². The van der Waals surface area contributed by atoms with E-state index in [2.05, 4.69) is 22.5 Å². The highest BCUT2D eigenvalue weighted by Crippen LogP contribution is 2.19. The monoisotopic (exact) mass is 294 g/mol. The standard InChI is InChI=1S/C14H22N4O3/c1-2-10-3-4-15-11(7-10)13(19)16-5-6-18-8-12(14(20)21)17-9-18/h8-11,15H,2-7H2,1H3,(H,16,19)(H,20,21). The number of carbonyl (C=O) groups excluding carboxylic acids is 1. The molecule has 21 heavy (non-hydrogen) atoms. The molecule has 0 aliphatic carbocycles. The highest BCUT2D eigenvalue weighted by Gasteiger charge is 2.25. The minimum absolute atomic E-state index is 0.0149. The summed E-state index contributed by atoms with van der Waals surface area (Å²) in [5.74, 6) is -0.407. The highest BCUT2D eigenvalue weighted by atomic mass is 16.4. The van der Waals surface area contributed by atoms with E-state index < -0.39 is 5.97 Å². The Morgan fingerprint density at radius 1 is 1.57 bits per heavy atom. The number of hydrogen-bond donors (Lipinski definition) is 3. The molecule has 7 nitrogen and oxygen atoms in total. The van der Waals surface area contributed by atoms with Gasteiger partial charge < -0.3 is 20.3 Å². The summed E-state index contributed by atoms with van der Waals surface area (Å²) < 4.78 is 1.66. The van der Waals surface area contributed by atoms with E-state index in [4.69, 9.17) is 5.11 Å². The molecule has 1 aliphatic rings. The van der Waals surface area contributed by atoms with Crippen LogP contribution in [0.15, 0.2) is 12.5 Å². The van der Waals surface area contributed by atoms with Crippen molar-refractivity contribution in [1.29, 1.82) is 0 Å². The Bertz CT molecular complexity index is 500. The molecule has 1 aromatic heterocycles. The Labute approximate surface area is 123 Å². The minimum atomic E-state index is -1.05. The fourth-order valence-corrected chi connectivity index (χ4v) is 2.59. The molecule has 2 rings (SSSR count). The van der Waals surface area contributed by atoms with Crippen molar-refractivity contribution in [3.05, 3.63) is 18.2 Å². The first-order chi connectivity index (χ1) is 10.1. The van der Waals surface area contributed by atoms with Crippen molar-refractivity contribution in [1.82, 2.24) is 20.2 Å². The van der Waals surface area contributed by atoms with Crippen LogP contribution in [0.25, 0.3) is 0 Å². The maximum Gasteiger partial charge on any atom is 0.356 e. The fourth-order valence-electron chi connectivity index (χ4n) is 2.59. The summed E-state index contributed by atoms with van der Waals surface area (Å²) in [5.41, 5.74) is 0.0149. The Hall–Kier alpha value is -1.89. The number of rotatable bonds is 6. The maximum absolute atomic E-state index is 12.1. The number of carboxylic acid groups (broad SMARTS) is 1. The second-order valence-corrected chi connectivity index (χ2v) is 5.40. The van der Waals surface area contributed by atoms with Gasteiger partial charge in [-0.05, 0) is 25.3 Å². The zero-order chi connectivity index (χ0) is 15.2. The lowest BCUT2D eigenvalue weighted by Crippen LogP contribution is -2.49. The van der Waals surface area contributed by atoms with Crippen LogP contribution in [-0.2, 0) is 11.3 Å². The third-order valence-corrected chi connectivity index (χ3v) is 3.93. The number of aromatic carboxylic acids is 1. The summed E-state index contributed by atoms with van der Waals surface area (Å²) >= 11 is 0. The van der Waals surface area contributed by atoms with Gasteiger partial charge in [0.05, 0.1) is 12.4 Å². The lowest BCUT2D eigenvalue weighted by Gasteiger charge is -2.28. The quantitative estimate of drug-likeness (QED) is 0.709. The van der Waals surface area contributed by atoms with E-state index in [-0.39, 0.29) is 17.6 Å². The van der Waals surface area contributed by atoms with Crippen LogP contribution in [0.2, 0.25) is 0 Å². The Balaban J connectivity index is 1.74. The first kappa shape index (κ1) is 15.5. The molecule has 0 spiro atoms. The Morgan fingerprint density at radius 2 is 2.38 bits per heavy atom. The van der Waals surface area contributed by atoms with E-state index in [1.54, 1.807) is 4.57 Å². The van der Waals surface area contributed by atoms with Gasteiger partial charge >= 0.3 is 5.97 Å². The van der Waals surface area contributed by atoms with Gasteiger partial charge in [0.25, 0.3) is 0 Å². The number of nitrogens with one attached hydrogen (secondary N) is 2. The van der Waals surface area contributed by atoms with Gasteiger partial charge in [0.15, 0.2) is 5.69 Å². The van der Waals surface area contributed by atoms with Crippen LogP contribution in [-0.4, -0.2) is 45.7 Å². The summed E-state index contributed by atoms with van der Waals surface area (Å²) in [6.07, 6.45) is 6.05. The Morgan fingerprint density at radius 3 is 3.05 bits per heavy atom. The molecule has 1 fully saturated rings. The predicted octanol–water partition coefficient (Wildman–Crippen LogP) is 0.476. The van der Waals surface area contributed by atoms with Crippen LogP contribution < -0.4 is 10.6 Å². The lowest BCUT2D eigenvalue weighted by atomic mass is 9.90. The zero-order valence-electron chi connectivity index (χ0n) is 12.2. The molecule has 2 unspecified atom stereocenters. The minimum Gasteiger partial charge on any atom is -0.476 e. The summed E-state index contributed by atoms with van der Waals surface area (Å²) in [6.45, 7) is 4.02. The van der Waals surface area contributed by atoms with Crippen LogP contribution >= 0.6 is 0 Å². The predicted molar refractivity (Wildman–Crippen MR) is 77.0 cm³/mol. The fraction of sp³-hybridized carbons (Fsp3) is 0.643. The van der Waals surface area contributed by atoms with Crippen molar-refractivity contribution in [2.24, 2.45) is 5.92 Å². The van der Waals surface area contributed by atoms with Crippen molar-refractivity contribution in [3.8, 4) is 0 Å². The van der Waals surface area contributed by atoms with Crippen LogP contribution in [0.4, 0.5) is 0 Å². The number of carbonyl (C=O) groups is 2. The molecule has 2 heterocycles. The van der Waals surface area contributed by atoms with E-state index >= 15 is 0 Å². The van der Waals surface area contributed by atoms with E-state index in [1.165, 1.54) is 12.5 Å². The SMILES string of the molecule is CCC1CCNC(C(=O)NCCn2cnc(C(=O)O)c2)C1. The number of imidazole rings is 1. The molecule has 1 aromatic rings. The van der Waals surface area contributed by atoms with Crippen LogP contribution in [0.1, 0.15) is 36.7 Å². The number of aromatic nitrogens is 2. The van der Waals surface area contributed by atoms with Gasteiger partial charge in [-0.2, -0.15) is 0 Å². The molecule has 2 atom stereocenters. The van der Waals surface area contributed by atoms with E-state index in [0.29, 0.717) is 19.0 Å². The highest BCUT2D eigenvalue weighted by molar-refractivity contribution is 5.84. The van der Waals surface area contributed by atoms with Gasteiger partial charge in [-0.25, -0.2) is 9.78 Å². The molecule has 3 N–H and O–H groups in total. The normalized spacial score (nSPS) is 22.0. The average molecular weight is 294 g/mol. The first-order valence-electron chi connectivity index (χ1n) is 7.36. The van der Waals surface area contributed by atoms with E-state index in [0.717, 1.165) is 25.8 Å². The van der Waals surface area contributed by atoms with Crippen LogP contribution in [0.3, 0.4) is 0 Å². The molecule has 0 radical (unpaired) electrons. The van der Waals surface area contributed by atoms with Gasteiger partial charge in [-0.1, -0.05) is 13.3 Å². The average Bonchev–Trinajstić information content (AvgIpc) is 2.96. The second-order valence-electron chi connectivity index (χ2n) is 5.40. The molecule has 0 aromatic carbocycles. The smallest absolute Gasteiger partial charge is 0.356 e. The van der Waals surface area contributed by atoms with Crippen molar-refractivity contribution < 1.29 is 14.7 Å². The van der Waals surface area contributed by atoms with Gasteiger partial charge in [-0.15, -0.1) is 0 Å².